The molecule has 2 nitrogen and oxygen atoms in total. The van der Waals surface area contributed by atoms with Crippen LogP contribution in [0.15, 0.2) is 0 Å². The van der Waals surface area contributed by atoms with Crippen LogP contribution in [0.5, 0.6) is 0 Å². The summed E-state index contributed by atoms with van der Waals surface area (Å²) in [5.74, 6) is 0.760. The van der Waals surface area contributed by atoms with E-state index < -0.39 is 0 Å². The Bertz CT molecular complexity index is 179. The normalized spacial score (nSPS) is 27.6. The second-order valence-corrected chi connectivity index (χ2v) is 5.78. The Morgan fingerprint density at radius 1 is 1.00 bits per heavy atom. The van der Waals surface area contributed by atoms with Gasteiger partial charge in [0.1, 0.15) is 0 Å². The van der Waals surface area contributed by atoms with Crippen LogP contribution in [0, 0.1) is 5.92 Å². The largest absolute Gasteiger partial charge is 0.312 e. The highest BCUT2D eigenvalue weighted by Gasteiger charge is 2.32. The van der Waals surface area contributed by atoms with Crippen molar-refractivity contribution in [2.45, 2.75) is 72.1 Å². The van der Waals surface area contributed by atoms with Gasteiger partial charge in [-0.3, -0.25) is 4.90 Å². The maximum Gasteiger partial charge on any atom is 0.0241 e. The molecule has 2 heteroatoms. The molecule has 1 saturated heterocycles. The molecule has 0 bridgehead atoms. The zero-order valence-corrected chi connectivity index (χ0v) is 11.2. The van der Waals surface area contributed by atoms with Crippen molar-refractivity contribution in [3.63, 3.8) is 0 Å². The molecular formula is C13H28N2. The molecule has 1 fully saturated rings. The van der Waals surface area contributed by atoms with Gasteiger partial charge in [0, 0.05) is 30.7 Å². The average Bonchev–Trinajstić information content (AvgIpc) is 2.51. The van der Waals surface area contributed by atoms with E-state index in [-0.39, 0.29) is 0 Å². The quantitative estimate of drug-likeness (QED) is 0.770. The predicted molar refractivity (Wildman–Crippen MR) is 67.1 cm³/mol. The summed E-state index contributed by atoms with van der Waals surface area (Å²) in [5, 5.41) is 3.65. The molecule has 2 atom stereocenters. The summed E-state index contributed by atoms with van der Waals surface area (Å²) >= 11 is 0. The topological polar surface area (TPSA) is 15.3 Å². The van der Waals surface area contributed by atoms with Crippen LogP contribution in [-0.2, 0) is 0 Å². The molecule has 1 N–H and O–H groups in total. The Balaban J connectivity index is 2.57. The fraction of sp³-hybridized carbons (Fsp3) is 1.00. The molecule has 1 aliphatic rings. The van der Waals surface area contributed by atoms with Crippen molar-refractivity contribution >= 4 is 0 Å². The van der Waals surface area contributed by atoms with E-state index >= 15 is 0 Å². The van der Waals surface area contributed by atoms with E-state index in [9.17, 15) is 0 Å². The van der Waals surface area contributed by atoms with Gasteiger partial charge < -0.3 is 5.32 Å². The summed E-state index contributed by atoms with van der Waals surface area (Å²) < 4.78 is 0. The molecule has 1 heterocycles. The molecule has 0 aromatic rings. The standard InChI is InChI=1S/C13H28N2/c1-9(2)13-7-12(8-14-13)15(10(3)4)11(5)6/h9-14H,7-8H2,1-6H3. The number of nitrogens with one attached hydrogen (secondary N) is 1. The van der Waals surface area contributed by atoms with Crippen molar-refractivity contribution in [3.8, 4) is 0 Å². The Labute approximate surface area is 95.4 Å². The van der Waals surface area contributed by atoms with Crippen molar-refractivity contribution in [1.82, 2.24) is 10.2 Å². The summed E-state index contributed by atoms with van der Waals surface area (Å²) in [5.41, 5.74) is 0. The molecule has 0 radical (unpaired) electrons. The van der Waals surface area contributed by atoms with Gasteiger partial charge in [-0.05, 0) is 40.0 Å². The van der Waals surface area contributed by atoms with E-state index in [1.54, 1.807) is 0 Å². The van der Waals surface area contributed by atoms with Crippen LogP contribution in [0.4, 0.5) is 0 Å². The van der Waals surface area contributed by atoms with E-state index in [1.165, 1.54) is 13.0 Å². The maximum atomic E-state index is 3.65. The molecule has 1 rings (SSSR count). The van der Waals surface area contributed by atoms with E-state index in [0.29, 0.717) is 12.1 Å². The third-order valence-electron chi connectivity index (χ3n) is 3.56. The summed E-state index contributed by atoms with van der Waals surface area (Å²) in [4.78, 5) is 2.65. The lowest BCUT2D eigenvalue weighted by Gasteiger charge is -2.36. The highest BCUT2D eigenvalue weighted by atomic mass is 15.2. The number of hydrogen-bond acceptors (Lipinski definition) is 2. The van der Waals surface area contributed by atoms with Crippen LogP contribution in [0.2, 0.25) is 0 Å². The average molecular weight is 212 g/mol. The first kappa shape index (κ1) is 13.0. The van der Waals surface area contributed by atoms with Crippen LogP contribution < -0.4 is 5.32 Å². The van der Waals surface area contributed by atoms with Gasteiger partial charge in [-0.1, -0.05) is 13.8 Å². The van der Waals surface area contributed by atoms with Crippen molar-refractivity contribution < 1.29 is 0 Å². The van der Waals surface area contributed by atoms with Crippen molar-refractivity contribution in [2.75, 3.05) is 6.54 Å². The smallest absolute Gasteiger partial charge is 0.0241 e. The fourth-order valence-electron chi connectivity index (χ4n) is 2.92. The first-order valence-corrected chi connectivity index (χ1v) is 6.44. The molecule has 0 saturated carbocycles. The zero-order chi connectivity index (χ0) is 11.6. The van der Waals surface area contributed by atoms with Gasteiger partial charge in [0.2, 0.25) is 0 Å². The molecule has 0 aliphatic carbocycles. The number of hydrogen-bond donors (Lipinski definition) is 1. The predicted octanol–water partition coefficient (Wildman–Crippen LogP) is 2.49. The third-order valence-corrected chi connectivity index (χ3v) is 3.56. The van der Waals surface area contributed by atoms with Crippen LogP contribution in [0.25, 0.3) is 0 Å². The van der Waals surface area contributed by atoms with Crippen LogP contribution >= 0.6 is 0 Å². The zero-order valence-electron chi connectivity index (χ0n) is 11.2. The lowest BCUT2D eigenvalue weighted by molar-refractivity contribution is 0.120. The van der Waals surface area contributed by atoms with Gasteiger partial charge in [-0.2, -0.15) is 0 Å². The van der Waals surface area contributed by atoms with Crippen LogP contribution in [-0.4, -0.2) is 35.6 Å². The van der Waals surface area contributed by atoms with Crippen LogP contribution in [0.1, 0.15) is 48.0 Å². The molecular weight excluding hydrogens is 184 g/mol. The molecule has 0 aromatic heterocycles. The molecule has 2 unspecified atom stereocenters. The van der Waals surface area contributed by atoms with Gasteiger partial charge in [-0.25, -0.2) is 0 Å². The SMILES string of the molecule is CC(C)C1CC(N(C(C)C)C(C)C)CN1. The van der Waals surface area contributed by atoms with Gasteiger partial charge in [0.25, 0.3) is 0 Å². The molecule has 0 amide bonds. The lowest BCUT2D eigenvalue weighted by Crippen LogP contribution is -2.46. The van der Waals surface area contributed by atoms with Crippen molar-refractivity contribution in [1.29, 1.82) is 0 Å². The summed E-state index contributed by atoms with van der Waals surface area (Å²) in [7, 11) is 0. The molecule has 15 heavy (non-hydrogen) atoms. The molecule has 0 aromatic carbocycles. The third kappa shape index (κ3) is 3.18. The van der Waals surface area contributed by atoms with E-state index in [0.717, 1.165) is 18.0 Å². The van der Waals surface area contributed by atoms with Gasteiger partial charge in [0.05, 0.1) is 0 Å². The molecule has 90 valence electrons. The Morgan fingerprint density at radius 3 is 1.87 bits per heavy atom. The van der Waals surface area contributed by atoms with Gasteiger partial charge in [0.15, 0.2) is 0 Å². The Morgan fingerprint density at radius 2 is 1.53 bits per heavy atom. The maximum absolute atomic E-state index is 3.65. The van der Waals surface area contributed by atoms with E-state index in [2.05, 4.69) is 51.8 Å². The second-order valence-electron chi connectivity index (χ2n) is 5.78. The van der Waals surface area contributed by atoms with E-state index in [4.69, 9.17) is 0 Å². The Hall–Kier alpha value is -0.0800. The van der Waals surface area contributed by atoms with Crippen LogP contribution in [0.3, 0.4) is 0 Å². The highest BCUT2D eigenvalue weighted by molar-refractivity contribution is 4.91. The minimum atomic E-state index is 0.655. The first-order valence-electron chi connectivity index (χ1n) is 6.44. The van der Waals surface area contributed by atoms with Crippen molar-refractivity contribution in [3.05, 3.63) is 0 Å². The number of nitrogens with zero attached hydrogens (tertiary/aromatic N) is 1. The highest BCUT2D eigenvalue weighted by Crippen LogP contribution is 2.22. The summed E-state index contributed by atoms with van der Waals surface area (Å²) in [6.07, 6.45) is 1.31. The Kier molecular flexibility index (Phi) is 4.60. The molecule has 1 aliphatic heterocycles. The fourth-order valence-corrected chi connectivity index (χ4v) is 2.92. The minimum absolute atomic E-state index is 0.655. The second kappa shape index (κ2) is 5.31. The summed E-state index contributed by atoms with van der Waals surface area (Å²) in [6, 6.07) is 2.76. The summed E-state index contributed by atoms with van der Waals surface area (Å²) in [6.45, 7) is 15.0. The van der Waals surface area contributed by atoms with Gasteiger partial charge >= 0.3 is 0 Å². The lowest BCUT2D eigenvalue weighted by atomic mass is 9.99. The minimum Gasteiger partial charge on any atom is -0.312 e. The van der Waals surface area contributed by atoms with Gasteiger partial charge in [-0.15, -0.1) is 0 Å². The van der Waals surface area contributed by atoms with Crippen molar-refractivity contribution in [2.24, 2.45) is 5.92 Å². The molecule has 0 spiro atoms. The number of rotatable bonds is 4. The monoisotopic (exact) mass is 212 g/mol. The first-order chi connectivity index (χ1) is 6.93. The van der Waals surface area contributed by atoms with E-state index in [1.807, 2.05) is 0 Å².